The predicted molar refractivity (Wildman–Crippen MR) is 522 cm³/mol. The molecule has 0 atom stereocenters. The summed E-state index contributed by atoms with van der Waals surface area (Å²) < 4.78 is 0. The maximum atomic E-state index is 10.2. The van der Waals surface area contributed by atoms with E-state index in [-0.39, 0.29) is 11.7 Å². The second kappa shape index (κ2) is 56.9. The zero-order chi connectivity index (χ0) is 94.0. The first kappa shape index (κ1) is 97.5. The number of H-pyrrole nitrogens is 6. The van der Waals surface area contributed by atoms with Crippen molar-refractivity contribution >= 4 is 46.5 Å². The number of piperazine rings is 3. The maximum Gasteiger partial charge on any atom is 0.373 e. The zero-order valence-corrected chi connectivity index (χ0v) is 74.3. The van der Waals surface area contributed by atoms with E-state index >= 15 is 0 Å². The molecule has 3 saturated heterocycles. The second-order valence-corrected chi connectivity index (χ2v) is 28.9. The summed E-state index contributed by atoms with van der Waals surface area (Å²) in [6, 6.07) is 64.5. The lowest BCUT2D eigenvalue weighted by molar-refractivity contribution is -0.191. The number of carbonyl (C=O) groups is 1. The van der Waals surface area contributed by atoms with Gasteiger partial charge < -0.3 is 20.1 Å². The highest BCUT2D eigenvalue weighted by atomic mass is 16.4. The normalized spacial score (nSPS) is 12.7. The molecular weight excluding hydrogens is 1690 g/mol. The summed E-state index contributed by atoms with van der Waals surface area (Å²) in [4.78, 5) is 91.0. The van der Waals surface area contributed by atoms with Crippen LogP contribution in [-0.4, -0.2) is 190 Å². The number of fused-ring (bicyclic) bond motifs is 4. The number of rotatable bonds is 11. The Morgan fingerprint density at radius 1 is 0.363 bits per heavy atom. The third kappa shape index (κ3) is 34.8. The predicted octanol–water partition coefficient (Wildman–Crippen LogP) is 19.4. The number of carbonyl (C=O) groups excluding carboxylic acids is 2. The third-order valence-corrected chi connectivity index (χ3v) is 19.9. The van der Waals surface area contributed by atoms with Gasteiger partial charge in [0.15, 0.2) is 0 Å². The molecule has 5 aliphatic rings. The van der Waals surface area contributed by atoms with Gasteiger partial charge >= 0.3 is 12.1 Å². The average molecular weight is 1790 g/mol. The molecule has 3 fully saturated rings. The Balaban J connectivity index is 0.000000144. The quantitative estimate of drug-likeness (QED) is 0.0632. The minimum Gasteiger partial charge on any atom is -0.478 e. The van der Waals surface area contributed by atoms with Crippen LogP contribution in [0.2, 0.25) is 0 Å². The molecule has 4 aromatic carbocycles. The third-order valence-electron chi connectivity index (χ3n) is 19.9. The molecule has 0 spiro atoms. The van der Waals surface area contributed by atoms with Crippen molar-refractivity contribution in [1.82, 2.24) is 120 Å². The van der Waals surface area contributed by atoms with Gasteiger partial charge in [-0.15, -0.1) is 0 Å². The molecule has 7 N–H and O–H groups in total. The fraction of sp³-hybridized carbons (Fsp3) is 0.107. The number of hydrogen-bond donors (Lipinski definition) is 7. The first-order valence-electron chi connectivity index (χ1n) is 42.5. The Morgan fingerprint density at radius 2 is 0.770 bits per heavy atom. The number of aromatic carboxylic acids is 1. The van der Waals surface area contributed by atoms with Crippen molar-refractivity contribution < 1.29 is 19.5 Å². The van der Waals surface area contributed by atoms with Gasteiger partial charge in [0.2, 0.25) is 0 Å². The number of carboxylic acids is 1. The van der Waals surface area contributed by atoms with Gasteiger partial charge in [0, 0.05) is 210 Å². The first-order valence-corrected chi connectivity index (χ1v) is 42.5. The van der Waals surface area contributed by atoms with E-state index in [4.69, 9.17) is 14.7 Å². The molecule has 0 aliphatic carbocycles. The van der Waals surface area contributed by atoms with Crippen LogP contribution in [0.15, 0.2) is 413 Å². The molecule has 15 aromatic heterocycles. The van der Waals surface area contributed by atoms with E-state index in [1.54, 1.807) is 105 Å². The van der Waals surface area contributed by atoms with Crippen molar-refractivity contribution in [2.45, 2.75) is 20.8 Å². The van der Waals surface area contributed by atoms with Crippen LogP contribution in [0.3, 0.4) is 0 Å². The molecule has 0 amide bonds. The van der Waals surface area contributed by atoms with E-state index in [9.17, 15) is 4.79 Å². The number of para-hydroxylation sites is 2. The molecule has 0 unspecified atom stereocenters. The van der Waals surface area contributed by atoms with Gasteiger partial charge in [0.05, 0.1) is 67.1 Å². The summed E-state index contributed by atoms with van der Waals surface area (Å²) in [6.45, 7) is 15.5. The highest BCUT2D eigenvalue weighted by Crippen LogP contribution is 2.32. The van der Waals surface area contributed by atoms with Crippen LogP contribution in [0.1, 0.15) is 49.6 Å². The highest BCUT2D eigenvalue weighted by Gasteiger charge is 2.22. The van der Waals surface area contributed by atoms with Crippen molar-refractivity contribution in [2.75, 3.05) is 52.4 Å². The van der Waals surface area contributed by atoms with Crippen LogP contribution in [-0.2, 0) is 9.59 Å². The zero-order valence-electron chi connectivity index (χ0n) is 74.3. The number of carboxylic acid groups (broad SMARTS) is 1. The standard InChI is InChI=1S/C18H16N2.C16H12N2.C12H10N4.C12H10N2.C10H8N2.C7H6N2.C6H6N4.C6H12N2.C6H5NO2.C4H6N2.C3H4N2.C2H3N3.CO2/c1-13-11-18(16-5-9-20-10-6-16)14(2)12-17(13)15-3-7-19-8-4-15;1-2-14(16-7-11-18-12-8-16)4-3-13(1)15-5-9-17-10-6-15;1-2-10(12-7-15-16-8-12)4-3-9(1)11-5-13-14-6-11;1(11-3-7-13-8-4-11)2-12-5-9-14-10-6-12;1-5-11-6-2-9(1)10-3-7-12-8-4-10;1-2-4-7-6(3-1)8-5-9-7;1-5(2-8-7-1)6-3-9-10-4-6;1-2-8-5-3-7(1)4-6-8;8-6(9)5-2-1-3-7-4-5;1-4-5-2-3-6-4;1-2-5-3-4-1;1-3-2-5-4-1;2-1-3/h3-12H,1-2H3;1-12H;1-5,7H,6,8H2;1-10H;1-8H;1-5H,(H,8,9);1-4H,(H,7,8)(H,9,10);1-6H2;1-4H,(H,8,9);2-3H,1H3,(H,5,6);1-3H,(H,4,5);1-2H,(H,3,4,5);/b;;;2-1+;;;;;;;;;. The van der Waals surface area contributed by atoms with Crippen LogP contribution in [0, 0.1) is 20.8 Å². The Morgan fingerprint density at radius 3 is 1.05 bits per heavy atom. The second-order valence-electron chi connectivity index (χ2n) is 28.9. The minimum atomic E-state index is -0.942. The van der Waals surface area contributed by atoms with E-state index in [0.29, 0.717) is 13.1 Å². The SMILES string of the molecule is C(=C\c1ccncc1)/c1ccncc1.C1=C(c2ccc(C3=CN=NC3)cc2)CN=N1.C1CN2CCN1CC2.Cc1cc(-c2ccncc2)c(C)cc1-c1ccncc1.Cc1ncc[nH]1.O=C(O)c1cccnc1.O=C=O.c1c[nH]cn1.c1cc(-c2ccc(-c3ccncc3)cc2)ccn1.c1cc(-c2ccncc2)ccn1.c1ccc2[nH]cnc2c1.c1n[nH]cc1-c1cn[nH]c1.c1nc[nH]n1. The van der Waals surface area contributed by atoms with Gasteiger partial charge in [0.1, 0.15) is 18.5 Å². The number of nitrogens with one attached hydrogen (secondary N) is 6. The molecule has 2 bridgehead atoms. The fourth-order valence-corrected chi connectivity index (χ4v) is 12.9. The number of aromatic amines is 6. The van der Waals surface area contributed by atoms with Gasteiger partial charge in [-0.05, 0) is 231 Å². The van der Waals surface area contributed by atoms with Crippen LogP contribution in [0.25, 0.3) is 101 Å². The van der Waals surface area contributed by atoms with E-state index < -0.39 is 5.97 Å². The molecule has 20 heterocycles. The van der Waals surface area contributed by atoms with Crippen LogP contribution >= 0.6 is 0 Å². The number of hydrogen-bond acceptors (Lipinski definition) is 25. The summed E-state index contributed by atoms with van der Waals surface area (Å²) >= 11 is 0. The molecule has 5 aliphatic heterocycles. The Bertz CT molecular complexity index is 6190. The fourth-order valence-electron chi connectivity index (χ4n) is 12.9. The van der Waals surface area contributed by atoms with E-state index in [1.165, 1.54) is 159 Å². The summed E-state index contributed by atoms with van der Waals surface area (Å²) in [6.07, 6.45) is 60.1. The molecular formula is C103H98N28O4. The van der Waals surface area contributed by atoms with Crippen LogP contribution < -0.4 is 0 Å². The number of azo groups is 2. The van der Waals surface area contributed by atoms with E-state index in [0.717, 1.165) is 39.1 Å². The van der Waals surface area contributed by atoms with Crippen molar-refractivity contribution in [3.8, 4) is 66.8 Å². The molecule has 135 heavy (non-hydrogen) atoms. The lowest BCUT2D eigenvalue weighted by Gasteiger charge is -2.41. The van der Waals surface area contributed by atoms with Gasteiger partial charge in [-0.1, -0.05) is 84.9 Å². The van der Waals surface area contributed by atoms with Gasteiger partial charge in [-0.25, -0.2) is 24.7 Å². The van der Waals surface area contributed by atoms with Gasteiger partial charge in [-0.3, -0.25) is 70.0 Å². The van der Waals surface area contributed by atoms with Crippen molar-refractivity contribution in [3.63, 3.8) is 0 Å². The van der Waals surface area contributed by atoms with Gasteiger partial charge in [-0.2, -0.15) is 45.3 Å². The smallest absolute Gasteiger partial charge is 0.373 e. The summed E-state index contributed by atoms with van der Waals surface area (Å²) in [5.74, 6) is 0.0260. The lowest BCUT2D eigenvalue weighted by Crippen LogP contribution is -2.55. The molecule has 32 nitrogen and oxygen atoms in total. The number of aryl methyl sites for hydroxylation is 3. The summed E-state index contributed by atoms with van der Waals surface area (Å²) in [5, 5.41) is 43.0. The van der Waals surface area contributed by atoms with Gasteiger partial charge in [0.25, 0.3) is 0 Å². The number of nitrogens with zero attached hydrogens (tertiary/aromatic N) is 22. The largest absolute Gasteiger partial charge is 0.478 e. The van der Waals surface area contributed by atoms with Crippen molar-refractivity contribution in [3.05, 3.63) is 438 Å². The highest BCUT2D eigenvalue weighted by molar-refractivity contribution is 5.87. The van der Waals surface area contributed by atoms with Crippen molar-refractivity contribution in [1.29, 1.82) is 0 Å². The number of benzene rings is 4. The number of imidazole rings is 3. The number of pyridine rings is 9. The Hall–Kier alpha value is -18.1. The monoisotopic (exact) mass is 1790 g/mol. The van der Waals surface area contributed by atoms with E-state index in [1.807, 2.05) is 203 Å². The molecule has 32 heteroatoms. The summed E-state index contributed by atoms with van der Waals surface area (Å²) in [5.41, 5.74) is 26.1. The lowest BCUT2D eigenvalue weighted by atomic mass is 9.93. The van der Waals surface area contributed by atoms with Crippen LogP contribution in [0.4, 0.5) is 0 Å². The molecule has 19 aromatic rings. The Labute approximate surface area is 779 Å². The minimum absolute atomic E-state index is 0.220. The number of aromatic nitrogens is 22. The topological polar surface area (TPSA) is 428 Å². The maximum absolute atomic E-state index is 10.2. The molecule has 674 valence electrons. The molecule has 24 rings (SSSR count). The summed E-state index contributed by atoms with van der Waals surface area (Å²) in [7, 11) is 0. The van der Waals surface area contributed by atoms with Crippen LogP contribution in [0.5, 0.6) is 0 Å². The van der Waals surface area contributed by atoms with E-state index in [2.05, 4.69) is 227 Å². The average Bonchev–Trinajstić information content (AvgIpc) is 1.80. The first-order chi connectivity index (χ1) is 66.5. The van der Waals surface area contributed by atoms with Crippen molar-refractivity contribution in [2.24, 2.45) is 20.5 Å². The molecule has 0 saturated carbocycles. The Kier molecular flexibility index (Phi) is 41.1. The molecule has 0 radical (unpaired) electrons.